The van der Waals surface area contributed by atoms with Gasteiger partial charge in [0, 0.05) is 6.42 Å². The summed E-state index contributed by atoms with van der Waals surface area (Å²) in [7, 11) is 0. The van der Waals surface area contributed by atoms with Gasteiger partial charge in [-0.15, -0.1) is 11.8 Å². The van der Waals surface area contributed by atoms with Crippen LogP contribution in [-0.2, 0) is 9.53 Å². The Bertz CT molecular complexity index is 242. The predicted octanol–water partition coefficient (Wildman–Crippen LogP) is 4.67. The predicted molar refractivity (Wildman–Crippen MR) is 76.9 cm³/mol. The van der Waals surface area contributed by atoms with Crippen LogP contribution in [0.4, 0.5) is 8.78 Å². The van der Waals surface area contributed by atoms with Crippen LogP contribution in [-0.4, -0.2) is 29.5 Å². The molecule has 0 saturated heterocycles. The van der Waals surface area contributed by atoms with E-state index in [2.05, 4.69) is 6.92 Å². The van der Waals surface area contributed by atoms with Gasteiger partial charge in [-0.2, -0.15) is 0 Å². The summed E-state index contributed by atoms with van der Waals surface area (Å²) in [5, 5.41) is -0.137. The molecule has 1 atom stereocenters. The number of thioether (sulfide) groups is 1. The van der Waals surface area contributed by atoms with Crippen molar-refractivity contribution in [3.63, 3.8) is 0 Å². The van der Waals surface area contributed by atoms with Gasteiger partial charge in [0.2, 0.25) is 5.92 Å². The lowest BCUT2D eigenvalue weighted by Gasteiger charge is -2.15. The molecule has 5 heteroatoms. The van der Waals surface area contributed by atoms with Crippen molar-refractivity contribution < 1.29 is 18.3 Å². The molecule has 0 N–H and O–H groups in total. The molecule has 114 valence electrons. The number of hydrogen-bond acceptors (Lipinski definition) is 3. The van der Waals surface area contributed by atoms with E-state index in [9.17, 15) is 13.6 Å². The van der Waals surface area contributed by atoms with Gasteiger partial charge in [0.05, 0.1) is 6.61 Å². The number of hydrogen-bond donors (Lipinski definition) is 0. The Morgan fingerprint density at radius 2 is 1.95 bits per heavy atom. The van der Waals surface area contributed by atoms with Gasteiger partial charge in [-0.3, -0.25) is 4.79 Å². The normalized spacial score (nSPS) is 13.3. The Hall–Kier alpha value is -0.320. The van der Waals surface area contributed by atoms with E-state index in [0.29, 0.717) is 13.0 Å². The quantitative estimate of drug-likeness (QED) is 0.409. The highest BCUT2D eigenvalue weighted by Gasteiger charge is 2.21. The van der Waals surface area contributed by atoms with E-state index in [0.717, 1.165) is 38.4 Å². The third-order valence-electron chi connectivity index (χ3n) is 2.70. The largest absolute Gasteiger partial charge is 0.465 e. The summed E-state index contributed by atoms with van der Waals surface area (Å²) < 4.78 is 30.3. The molecule has 0 aromatic carbocycles. The number of carbonyl (C=O) groups excluding carboxylic acids is 1. The van der Waals surface area contributed by atoms with Crippen LogP contribution >= 0.6 is 11.8 Å². The average molecular weight is 296 g/mol. The molecule has 0 spiro atoms. The molecular formula is C14H26F2O2S. The third kappa shape index (κ3) is 11.2. The first kappa shape index (κ1) is 18.7. The number of alkyl halides is 2. The number of ether oxygens (including phenoxy) is 1. The molecule has 0 aromatic heterocycles. The summed E-state index contributed by atoms with van der Waals surface area (Å²) in [5.74, 6) is -2.00. The van der Waals surface area contributed by atoms with E-state index in [4.69, 9.17) is 4.74 Å². The minimum Gasteiger partial charge on any atom is -0.465 e. The van der Waals surface area contributed by atoms with E-state index in [1.807, 2.05) is 0 Å². The van der Waals surface area contributed by atoms with Crippen molar-refractivity contribution >= 4 is 17.7 Å². The van der Waals surface area contributed by atoms with Crippen molar-refractivity contribution in [3.05, 3.63) is 0 Å². The minimum atomic E-state index is -2.58. The van der Waals surface area contributed by atoms with Gasteiger partial charge in [0.15, 0.2) is 0 Å². The Kier molecular flexibility index (Phi) is 10.3. The number of carbonyl (C=O) groups is 1. The van der Waals surface area contributed by atoms with Crippen molar-refractivity contribution in [2.45, 2.75) is 70.5 Å². The van der Waals surface area contributed by atoms with Crippen LogP contribution in [0.1, 0.15) is 59.3 Å². The van der Waals surface area contributed by atoms with Crippen LogP contribution in [0.5, 0.6) is 0 Å². The molecule has 0 rings (SSSR count). The first-order chi connectivity index (χ1) is 8.90. The van der Waals surface area contributed by atoms with Crippen LogP contribution in [0.15, 0.2) is 0 Å². The second-order valence-electron chi connectivity index (χ2n) is 4.78. The highest BCUT2D eigenvalue weighted by Crippen LogP contribution is 2.23. The lowest BCUT2D eigenvalue weighted by atomic mass is 10.2. The topological polar surface area (TPSA) is 26.3 Å². The molecule has 0 fully saturated rings. The van der Waals surface area contributed by atoms with Crippen molar-refractivity contribution in [3.8, 4) is 0 Å². The number of esters is 1. The van der Waals surface area contributed by atoms with Gasteiger partial charge >= 0.3 is 5.97 Å². The second kappa shape index (κ2) is 10.5. The van der Waals surface area contributed by atoms with Crippen molar-refractivity contribution in [2.75, 3.05) is 12.4 Å². The first-order valence-electron chi connectivity index (χ1n) is 7.06. The molecule has 0 heterocycles. The zero-order chi connectivity index (χ0) is 14.7. The monoisotopic (exact) mass is 296 g/mol. The van der Waals surface area contributed by atoms with E-state index >= 15 is 0 Å². The third-order valence-corrected chi connectivity index (χ3v) is 4.05. The van der Waals surface area contributed by atoms with E-state index in [1.54, 1.807) is 18.7 Å². The van der Waals surface area contributed by atoms with Crippen LogP contribution < -0.4 is 0 Å². The van der Waals surface area contributed by atoms with Gasteiger partial charge < -0.3 is 4.74 Å². The van der Waals surface area contributed by atoms with Crippen molar-refractivity contribution in [1.29, 1.82) is 0 Å². The lowest BCUT2D eigenvalue weighted by molar-refractivity contribution is -0.142. The second-order valence-corrected chi connectivity index (χ2v) is 6.09. The fourth-order valence-corrected chi connectivity index (χ4v) is 2.85. The standard InChI is InChI=1S/C14H26F2O2S/c1-4-6-9-12(13(17)18-5-2)19-11-8-7-10-14(3,15)16/h12H,4-11H2,1-3H3. The summed E-state index contributed by atoms with van der Waals surface area (Å²) in [6.45, 7) is 5.21. The summed E-state index contributed by atoms with van der Waals surface area (Å²) >= 11 is 1.54. The first-order valence-corrected chi connectivity index (χ1v) is 8.11. The maximum absolute atomic E-state index is 12.6. The van der Waals surface area contributed by atoms with Crippen molar-refractivity contribution in [1.82, 2.24) is 0 Å². The fraction of sp³-hybridized carbons (Fsp3) is 0.929. The Labute approximate surface area is 119 Å². The van der Waals surface area contributed by atoms with Gasteiger partial charge in [-0.25, -0.2) is 8.78 Å². The Morgan fingerprint density at radius 1 is 1.26 bits per heavy atom. The maximum atomic E-state index is 12.6. The average Bonchev–Trinajstić information content (AvgIpc) is 2.31. The van der Waals surface area contributed by atoms with Gasteiger partial charge in [-0.1, -0.05) is 19.8 Å². The highest BCUT2D eigenvalue weighted by molar-refractivity contribution is 8.00. The summed E-state index contributed by atoms with van der Waals surface area (Å²) in [6, 6.07) is 0. The fourth-order valence-electron chi connectivity index (χ4n) is 1.66. The number of rotatable bonds is 11. The van der Waals surface area contributed by atoms with Crippen LogP contribution in [0.2, 0.25) is 0 Å². The SMILES string of the molecule is CCCCC(SCCCCC(C)(F)F)C(=O)OCC. The molecule has 0 saturated carbocycles. The van der Waals surface area contributed by atoms with Crippen LogP contribution in [0, 0.1) is 0 Å². The van der Waals surface area contributed by atoms with Gasteiger partial charge in [0.25, 0.3) is 0 Å². The zero-order valence-electron chi connectivity index (χ0n) is 12.2. The van der Waals surface area contributed by atoms with E-state index in [-0.39, 0.29) is 17.6 Å². The smallest absolute Gasteiger partial charge is 0.319 e. The van der Waals surface area contributed by atoms with Crippen LogP contribution in [0.25, 0.3) is 0 Å². The molecule has 0 amide bonds. The molecule has 2 nitrogen and oxygen atoms in total. The number of unbranched alkanes of at least 4 members (excludes halogenated alkanes) is 2. The molecule has 0 aliphatic heterocycles. The summed E-state index contributed by atoms with van der Waals surface area (Å²) in [4.78, 5) is 11.7. The van der Waals surface area contributed by atoms with Crippen molar-refractivity contribution in [2.24, 2.45) is 0 Å². The van der Waals surface area contributed by atoms with Gasteiger partial charge in [0.1, 0.15) is 5.25 Å². The molecular weight excluding hydrogens is 270 g/mol. The molecule has 1 unspecified atom stereocenters. The zero-order valence-corrected chi connectivity index (χ0v) is 13.0. The maximum Gasteiger partial charge on any atom is 0.319 e. The molecule has 19 heavy (non-hydrogen) atoms. The highest BCUT2D eigenvalue weighted by atomic mass is 32.2. The Morgan fingerprint density at radius 3 is 2.47 bits per heavy atom. The molecule has 0 aliphatic carbocycles. The number of halogens is 2. The molecule has 0 aromatic rings. The molecule has 0 aliphatic rings. The Balaban J connectivity index is 3.88. The van der Waals surface area contributed by atoms with Gasteiger partial charge in [-0.05, 0) is 38.9 Å². The summed E-state index contributed by atoms with van der Waals surface area (Å²) in [5.41, 5.74) is 0. The minimum absolute atomic E-state index is 0.0768. The van der Waals surface area contributed by atoms with E-state index < -0.39 is 5.92 Å². The molecule has 0 radical (unpaired) electrons. The molecule has 0 bridgehead atoms. The van der Waals surface area contributed by atoms with E-state index in [1.165, 1.54) is 0 Å². The van der Waals surface area contributed by atoms with Crippen LogP contribution in [0.3, 0.4) is 0 Å². The summed E-state index contributed by atoms with van der Waals surface area (Å²) in [6.07, 6.45) is 3.98. The lowest BCUT2D eigenvalue weighted by Crippen LogP contribution is -2.21.